The summed E-state index contributed by atoms with van der Waals surface area (Å²) in [4.78, 5) is 43.2. The quantitative estimate of drug-likeness (QED) is 0.342. The molecule has 1 aliphatic carbocycles. The summed E-state index contributed by atoms with van der Waals surface area (Å²) in [5, 5.41) is 0. The number of esters is 1. The first-order valence-corrected chi connectivity index (χ1v) is 15.1. The first-order valence-electron chi connectivity index (χ1n) is 15.1. The van der Waals surface area contributed by atoms with E-state index in [0.29, 0.717) is 26.1 Å². The van der Waals surface area contributed by atoms with Crippen LogP contribution in [0, 0.1) is 5.92 Å². The number of hydrogen-bond donors (Lipinski definition) is 0. The number of ketones is 1. The summed E-state index contributed by atoms with van der Waals surface area (Å²) in [5.74, 6) is 1.24. The number of nitrogens with zero attached hydrogens (tertiary/aromatic N) is 5. The van der Waals surface area contributed by atoms with Gasteiger partial charge in [-0.3, -0.25) is 14.6 Å². The molecule has 2 fully saturated rings. The summed E-state index contributed by atoms with van der Waals surface area (Å²) in [6.45, 7) is 10.4. The molecule has 6 rings (SSSR count). The van der Waals surface area contributed by atoms with E-state index < -0.39 is 5.60 Å². The van der Waals surface area contributed by atoms with Crippen LogP contribution in [-0.2, 0) is 38.3 Å². The molecule has 0 amide bonds. The van der Waals surface area contributed by atoms with Gasteiger partial charge in [0.2, 0.25) is 0 Å². The molecular formula is C34H39N5O4. The number of hydrogen-bond acceptors (Lipinski definition) is 9. The van der Waals surface area contributed by atoms with E-state index in [1.54, 1.807) is 12.5 Å². The van der Waals surface area contributed by atoms with Gasteiger partial charge in [-0.15, -0.1) is 0 Å². The molecule has 2 aromatic heterocycles. The highest BCUT2D eigenvalue weighted by molar-refractivity contribution is 5.91. The number of anilines is 2. The number of carbonyl (C=O) groups is 2. The number of fused-ring (bicyclic) bond motifs is 1. The number of allylic oxidation sites excluding steroid dienone is 1. The second kappa shape index (κ2) is 12.2. The van der Waals surface area contributed by atoms with Crippen molar-refractivity contribution in [2.45, 2.75) is 52.1 Å². The number of benzene rings is 1. The number of rotatable bonds is 9. The molecule has 9 heteroatoms. The summed E-state index contributed by atoms with van der Waals surface area (Å²) < 4.78 is 11.0. The fourth-order valence-electron chi connectivity index (χ4n) is 5.94. The Morgan fingerprint density at radius 2 is 1.74 bits per heavy atom. The summed E-state index contributed by atoms with van der Waals surface area (Å²) in [6, 6.07) is 12.2. The van der Waals surface area contributed by atoms with Gasteiger partial charge < -0.3 is 19.3 Å². The van der Waals surface area contributed by atoms with E-state index in [1.165, 1.54) is 5.57 Å². The van der Waals surface area contributed by atoms with Crippen LogP contribution >= 0.6 is 0 Å². The summed E-state index contributed by atoms with van der Waals surface area (Å²) in [6.07, 6.45) is 7.47. The third-order valence-electron chi connectivity index (χ3n) is 8.03. The second-order valence-corrected chi connectivity index (χ2v) is 12.7. The molecule has 43 heavy (non-hydrogen) atoms. The molecule has 0 unspecified atom stereocenters. The Morgan fingerprint density at radius 1 is 0.977 bits per heavy atom. The fraction of sp³-hybridized carbons (Fsp3) is 0.441. The Kier molecular flexibility index (Phi) is 8.25. The number of morpholine rings is 1. The predicted octanol–water partition coefficient (Wildman–Crippen LogP) is 4.33. The molecule has 0 bridgehead atoms. The summed E-state index contributed by atoms with van der Waals surface area (Å²) in [5.41, 5.74) is 6.83. The molecule has 3 aromatic rings. The van der Waals surface area contributed by atoms with Gasteiger partial charge >= 0.3 is 5.97 Å². The van der Waals surface area contributed by atoms with Crippen LogP contribution in [0.15, 0.2) is 48.9 Å². The topological polar surface area (TPSA) is 97.8 Å². The van der Waals surface area contributed by atoms with Gasteiger partial charge in [-0.1, -0.05) is 24.3 Å². The van der Waals surface area contributed by atoms with Gasteiger partial charge in [-0.05, 0) is 55.7 Å². The first kappa shape index (κ1) is 29.0. The summed E-state index contributed by atoms with van der Waals surface area (Å²) in [7, 11) is 0. The monoisotopic (exact) mass is 581 g/mol. The van der Waals surface area contributed by atoms with Crippen molar-refractivity contribution in [2.75, 3.05) is 49.2 Å². The van der Waals surface area contributed by atoms with E-state index in [4.69, 9.17) is 9.47 Å². The molecule has 0 radical (unpaired) electrons. The van der Waals surface area contributed by atoms with E-state index in [9.17, 15) is 9.59 Å². The Labute approximate surface area is 253 Å². The average molecular weight is 582 g/mol. The molecule has 9 nitrogen and oxygen atoms in total. The average Bonchev–Trinajstić information content (AvgIpc) is 3.39. The number of Topliss-reactive ketones (excluding diaryl/α,β-unsaturated/α-hetero) is 1. The highest BCUT2D eigenvalue weighted by Gasteiger charge is 2.31. The van der Waals surface area contributed by atoms with Crippen molar-refractivity contribution in [1.82, 2.24) is 15.0 Å². The largest absolute Gasteiger partial charge is 0.460 e. The third kappa shape index (κ3) is 7.10. The Morgan fingerprint density at radius 3 is 2.49 bits per heavy atom. The molecule has 4 heterocycles. The second-order valence-electron chi connectivity index (χ2n) is 12.7. The molecule has 2 aliphatic heterocycles. The molecule has 224 valence electrons. The molecule has 2 saturated heterocycles. The Hall–Kier alpha value is -4.11. The highest BCUT2D eigenvalue weighted by atomic mass is 16.6. The Balaban J connectivity index is 1.02. The van der Waals surface area contributed by atoms with Crippen LogP contribution in [0.1, 0.15) is 55.3 Å². The standard InChI is InChI=1S/C34H39N5O4/c1-34(2,3)43-32(41)15-24-20-39(21-24)28-8-9-35-27(18-28)19-29(40)14-23-4-6-25(7-5-23)26-16-30-31(17-26)36-22-37-33(30)38-10-12-42-13-11-38/h4-9,16,18,22,24H,10-15,17,19-21H2,1-3H3. The van der Waals surface area contributed by atoms with Gasteiger partial charge in [0.25, 0.3) is 0 Å². The van der Waals surface area contributed by atoms with Gasteiger partial charge in [-0.25, -0.2) is 9.97 Å². The van der Waals surface area contributed by atoms with E-state index >= 15 is 0 Å². The number of carbonyl (C=O) groups excluding carboxylic acids is 2. The maximum Gasteiger partial charge on any atom is 0.306 e. The van der Waals surface area contributed by atoms with Crippen molar-refractivity contribution in [2.24, 2.45) is 5.92 Å². The fourth-order valence-corrected chi connectivity index (χ4v) is 5.94. The lowest BCUT2D eigenvalue weighted by Gasteiger charge is -2.41. The zero-order chi connectivity index (χ0) is 30.0. The highest BCUT2D eigenvalue weighted by Crippen LogP contribution is 2.35. The molecule has 0 spiro atoms. The van der Waals surface area contributed by atoms with Crippen molar-refractivity contribution in [3.8, 4) is 0 Å². The van der Waals surface area contributed by atoms with Crippen LogP contribution in [0.3, 0.4) is 0 Å². The molecule has 1 aromatic carbocycles. The lowest BCUT2D eigenvalue weighted by molar-refractivity contribution is -0.156. The zero-order valence-electron chi connectivity index (χ0n) is 25.2. The van der Waals surface area contributed by atoms with Gasteiger partial charge in [0.15, 0.2) is 0 Å². The number of aromatic nitrogens is 3. The van der Waals surface area contributed by atoms with Crippen LogP contribution < -0.4 is 9.80 Å². The van der Waals surface area contributed by atoms with Crippen molar-refractivity contribution in [3.63, 3.8) is 0 Å². The van der Waals surface area contributed by atoms with Crippen LogP contribution in [0.2, 0.25) is 0 Å². The lowest BCUT2D eigenvalue weighted by Crippen LogP contribution is -2.48. The number of pyridine rings is 1. The lowest BCUT2D eigenvalue weighted by atomic mass is 9.95. The molecule has 0 saturated carbocycles. The molecule has 3 aliphatic rings. The van der Waals surface area contributed by atoms with Crippen molar-refractivity contribution < 1.29 is 19.1 Å². The van der Waals surface area contributed by atoms with E-state index in [-0.39, 0.29) is 24.1 Å². The minimum atomic E-state index is -0.460. The zero-order valence-corrected chi connectivity index (χ0v) is 25.2. The van der Waals surface area contributed by atoms with Crippen LogP contribution in [0.4, 0.5) is 11.5 Å². The smallest absolute Gasteiger partial charge is 0.306 e. The van der Waals surface area contributed by atoms with Crippen LogP contribution in [0.25, 0.3) is 11.6 Å². The predicted molar refractivity (Wildman–Crippen MR) is 166 cm³/mol. The maximum atomic E-state index is 13.0. The van der Waals surface area contributed by atoms with Crippen molar-refractivity contribution >= 4 is 34.9 Å². The molecular weight excluding hydrogens is 542 g/mol. The number of ether oxygens (including phenoxy) is 2. The molecule has 0 atom stereocenters. The maximum absolute atomic E-state index is 13.0. The van der Waals surface area contributed by atoms with Gasteiger partial charge in [0, 0.05) is 74.5 Å². The third-order valence-corrected chi connectivity index (χ3v) is 8.03. The van der Waals surface area contributed by atoms with Crippen molar-refractivity contribution in [1.29, 1.82) is 0 Å². The normalized spacial score (nSPS) is 16.9. The Bertz CT molecular complexity index is 1520. The van der Waals surface area contributed by atoms with E-state index in [2.05, 4.69) is 43.0 Å². The first-order chi connectivity index (χ1) is 20.7. The SMILES string of the molecule is CC(C)(C)OC(=O)CC1CN(c2ccnc(CC(=O)Cc3ccc(C4=Cc5c(ncnc5N5CCOCC5)C4)cc3)c2)C1. The minimum Gasteiger partial charge on any atom is -0.460 e. The van der Waals surface area contributed by atoms with Crippen LogP contribution in [-0.4, -0.2) is 71.7 Å². The molecule has 0 N–H and O–H groups in total. The van der Waals surface area contributed by atoms with E-state index in [1.807, 2.05) is 45.0 Å². The minimum absolute atomic E-state index is 0.127. The van der Waals surface area contributed by atoms with E-state index in [0.717, 1.165) is 72.2 Å². The summed E-state index contributed by atoms with van der Waals surface area (Å²) >= 11 is 0. The van der Waals surface area contributed by atoms with Gasteiger partial charge in [0.1, 0.15) is 23.5 Å². The van der Waals surface area contributed by atoms with Gasteiger partial charge in [-0.2, -0.15) is 0 Å². The van der Waals surface area contributed by atoms with Crippen LogP contribution in [0.5, 0.6) is 0 Å². The van der Waals surface area contributed by atoms with Gasteiger partial charge in [0.05, 0.1) is 25.3 Å². The van der Waals surface area contributed by atoms with Crippen molar-refractivity contribution in [3.05, 3.63) is 77.0 Å².